The van der Waals surface area contributed by atoms with Gasteiger partial charge in [0.05, 0.1) is 18.7 Å². The molecule has 1 N–H and O–H groups in total. The lowest BCUT2D eigenvalue weighted by atomic mass is 10.0. The van der Waals surface area contributed by atoms with Gasteiger partial charge in [0.1, 0.15) is 0 Å². The smallest absolute Gasteiger partial charge is 0.306 e. The predicted octanol–water partition coefficient (Wildman–Crippen LogP) is 2.75. The van der Waals surface area contributed by atoms with Crippen LogP contribution in [0.15, 0.2) is 27.8 Å². The fourth-order valence-electron chi connectivity index (χ4n) is 2.29. The topological polar surface area (TPSA) is 58.9 Å². The number of hydrogen-bond acceptors (Lipinski definition) is 4. The van der Waals surface area contributed by atoms with E-state index >= 15 is 0 Å². The number of nitrogens with zero attached hydrogens (tertiary/aromatic N) is 1. The lowest BCUT2D eigenvalue weighted by Gasteiger charge is -2.08. The predicted molar refractivity (Wildman–Crippen MR) is 70.9 cm³/mol. The van der Waals surface area contributed by atoms with Gasteiger partial charge >= 0.3 is 5.97 Å². The first kappa shape index (κ1) is 13.1. The van der Waals surface area contributed by atoms with Crippen molar-refractivity contribution in [3.63, 3.8) is 0 Å². The van der Waals surface area contributed by atoms with Crippen LogP contribution in [0, 0.1) is 5.92 Å². The van der Waals surface area contributed by atoms with Crippen molar-refractivity contribution in [2.45, 2.75) is 19.8 Å². The summed E-state index contributed by atoms with van der Waals surface area (Å²) < 4.78 is 5.92. The molecule has 1 aliphatic rings. The van der Waals surface area contributed by atoms with Gasteiger partial charge in [0, 0.05) is 16.0 Å². The van der Waals surface area contributed by atoms with E-state index in [1.54, 1.807) is 6.92 Å². The molecule has 1 aliphatic carbocycles. The monoisotopic (exact) mass is 311 g/mol. The molecule has 0 fully saturated rings. The summed E-state index contributed by atoms with van der Waals surface area (Å²) in [5.41, 5.74) is 2.56. The number of ether oxygens (including phenoxy) is 1. The van der Waals surface area contributed by atoms with Crippen LogP contribution in [-0.4, -0.2) is 23.5 Å². The van der Waals surface area contributed by atoms with Gasteiger partial charge in [0.2, 0.25) is 0 Å². The minimum Gasteiger partial charge on any atom is -0.466 e. The maximum absolute atomic E-state index is 11.5. The lowest BCUT2D eigenvalue weighted by molar-refractivity contribution is -0.143. The fraction of sp³-hybridized carbons (Fsp3) is 0.385. The van der Waals surface area contributed by atoms with Gasteiger partial charge in [-0.15, -0.1) is 0 Å². The molecule has 0 amide bonds. The zero-order chi connectivity index (χ0) is 13.1. The highest BCUT2D eigenvalue weighted by molar-refractivity contribution is 9.10. The van der Waals surface area contributed by atoms with Crippen LogP contribution in [0.4, 0.5) is 0 Å². The van der Waals surface area contributed by atoms with Crippen molar-refractivity contribution in [3.05, 3.63) is 33.8 Å². The third-order valence-corrected chi connectivity index (χ3v) is 3.80. The van der Waals surface area contributed by atoms with Crippen LogP contribution in [-0.2, 0) is 16.0 Å². The molecule has 0 aromatic heterocycles. The minimum absolute atomic E-state index is 0.109. The highest BCUT2D eigenvalue weighted by Gasteiger charge is 2.32. The highest BCUT2D eigenvalue weighted by atomic mass is 79.9. The van der Waals surface area contributed by atoms with E-state index < -0.39 is 0 Å². The van der Waals surface area contributed by atoms with Crippen LogP contribution >= 0.6 is 15.9 Å². The summed E-state index contributed by atoms with van der Waals surface area (Å²) >= 11 is 3.48. The number of rotatable bonds is 3. The van der Waals surface area contributed by atoms with Crippen LogP contribution in [0.3, 0.4) is 0 Å². The summed E-state index contributed by atoms with van der Waals surface area (Å²) in [6, 6.07) is 5.74. The molecule has 0 bridgehead atoms. The number of carbonyl (C=O) groups is 1. The molecule has 1 atom stereocenters. The van der Waals surface area contributed by atoms with Crippen molar-refractivity contribution >= 4 is 27.6 Å². The Hall–Kier alpha value is -1.36. The number of benzene rings is 1. The molecule has 0 aliphatic heterocycles. The lowest BCUT2D eigenvalue weighted by Crippen LogP contribution is -2.17. The van der Waals surface area contributed by atoms with Crippen LogP contribution in [0.25, 0.3) is 0 Å². The van der Waals surface area contributed by atoms with Gasteiger partial charge in [0.25, 0.3) is 0 Å². The molecule has 96 valence electrons. The van der Waals surface area contributed by atoms with Gasteiger partial charge in [-0.3, -0.25) is 4.79 Å². The van der Waals surface area contributed by atoms with Crippen molar-refractivity contribution in [2.24, 2.45) is 11.1 Å². The Labute approximate surface area is 114 Å². The first-order chi connectivity index (χ1) is 8.67. The maximum Gasteiger partial charge on any atom is 0.306 e. The average Bonchev–Trinajstić information content (AvgIpc) is 2.68. The normalized spacial score (nSPS) is 19.9. The van der Waals surface area contributed by atoms with E-state index in [1.807, 2.05) is 18.2 Å². The third-order valence-electron chi connectivity index (χ3n) is 3.06. The summed E-state index contributed by atoms with van der Waals surface area (Å²) in [6.45, 7) is 2.15. The summed E-state index contributed by atoms with van der Waals surface area (Å²) in [5, 5.41) is 12.5. The van der Waals surface area contributed by atoms with E-state index in [0.717, 1.165) is 15.6 Å². The molecule has 1 aromatic carbocycles. The Kier molecular flexibility index (Phi) is 4.01. The van der Waals surface area contributed by atoms with Gasteiger partial charge in [-0.05, 0) is 25.0 Å². The Morgan fingerprint density at radius 2 is 2.39 bits per heavy atom. The Bertz CT molecular complexity index is 499. The summed E-state index contributed by atoms with van der Waals surface area (Å²) in [4.78, 5) is 11.5. The zero-order valence-corrected chi connectivity index (χ0v) is 11.6. The number of carbonyl (C=O) groups excluding carboxylic acids is 1. The van der Waals surface area contributed by atoms with Gasteiger partial charge in [-0.1, -0.05) is 33.2 Å². The average molecular weight is 312 g/mol. The molecule has 1 unspecified atom stereocenters. The molecular weight excluding hydrogens is 298 g/mol. The number of oxime groups is 1. The largest absolute Gasteiger partial charge is 0.466 e. The minimum atomic E-state index is -0.257. The van der Waals surface area contributed by atoms with Gasteiger partial charge in [-0.25, -0.2) is 0 Å². The molecule has 0 saturated carbocycles. The summed E-state index contributed by atoms with van der Waals surface area (Å²) in [5.74, 6) is -0.365. The van der Waals surface area contributed by atoms with Gasteiger partial charge < -0.3 is 9.94 Å². The van der Waals surface area contributed by atoms with E-state index in [1.165, 1.54) is 0 Å². The molecule has 18 heavy (non-hydrogen) atoms. The molecule has 0 radical (unpaired) electrons. The van der Waals surface area contributed by atoms with Crippen molar-refractivity contribution in [3.8, 4) is 0 Å². The fourth-order valence-corrected chi connectivity index (χ4v) is 2.82. The highest BCUT2D eigenvalue weighted by Crippen LogP contribution is 2.34. The van der Waals surface area contributed by atoms with Crippen LogP contribution in [0.2, 0.25) is 0 Å². The van der Waals surface area contributed by atoms with Gasteiger partial charge in [-0.2, -0.15) is 0 Å². The van der Waals surface area contributed by atoms with E-state index in [2.05, 4.69) is 21.1 Å². The second-order valence-electron chi connectivity index (χ2n) is 4.16. The van der Waals surface area contributed by atoms with Crippen molar-refractivity contribution < 1.29 is 14.7 Å². The van der Waals surface area contributed by atoms with Crippen LogP contribution in [0.1, 0.15) is 24.5 Å². The van der Waals surface area contributed by atoms with E-state index in [-0.39, 0.29) is 18.3 Å². The van der Waals surface area contributed by atoms with Crippen LogP contribution < -0.4 is 0 Å². The first-order valence-corrected chi connectivity index (χ1v) is 6.62. The van der Waals surface area contributed by atoms with E-state index in [0.29, 0.717) is 18.7 Å². The second kappa shape index (κ2) is 5.52. The number of halogens is 1. The first-order valence-electron chi connectivity index (χ1n) is 5.82. The van der Waals surface area contributed by atoms with Crippen LogP contribution in [0.5, 0.6) is 0 Å². The van der Waals surface area contributed by atoms with Crippen molar-refractivity contribution in [2.75, 3.05) is 6.61 Å². The van der Waals surface area contributed by atoms with Gasteiger partial charge in [0.15, 0.2) is 0 Å². The Morgan fingerprint density at radius 1 is 1.61 bits per heavy atom. The van der Waals surface area contributed by atoms with E-state index in [4.69, 9.17) is 9.94 Å². The molecule has 0 spiro atoms. The SMILES string of the molecule is CCOC(=O)CC1Cc2c(Br)cccc2C1=NO. The zero-order valence-electron chi connectivity index (χ0n) is 10.0. The molecule has 2 rings (SSSR count). The molecule has 0 heterocycles. The molecular formula is C13H14BrNO3. The van der Waals surface area contributed by atoms with E-state index in [9.17, 15) is 4.79 Å². The quantitative estimate of drug-likeness (QED) is 0.530. The number of hydrogen-bond donors (Lipinski definition) is 1. The maximum atomic E-state index is 11.5. The molecule has 1 aromatic rings. The van der Waals surface area contributed by atoms with Crippen molar-refractivity contribution in [1.29, 1.82) is 0 Å². The number of fused-ring (bicyclic) bond motifs is 1. The number of esters is 1. The standard InChI is InChI=1S/C13H14BrNO3/c1-2-18-12(16)7-8-6-10-9(13(8)15-17)4-3-5-11(10)14/h3-5,8,17H,2,6-7H2,1H3. The summed E-state index contributed by atoms with van der Waals surface area (Å²) in [6.07, 6.45) is 0.934. The Balaban J connectivity index is 2.23. The molecule has 0 saturated heterocycles. The molecule has 4 nitrogen and oxygen atoms in total. The van der Waals surface area contributed by atoms with Crippen molar-refractivity contribution in [1.82, 2.24) is 0 Å². The second-order valence-corrected chi connectivity index (χ2v) is 5.02. The Morgan fingerprint density at radius 3 is 3.06 bits per heavy atom. The third kappa shape index (κ3) is 2.41. The summed E-state index contributed by atoms with van der Waals surface area (Å²) in [7, 11) is 0. The molecule has 5 heteroatoms.